The Balaban J connectivity index is 3.82. The summed E-state index contributed by atoms with van der Waals surface area (Å²) in [7, 11) is 3.70. The van der Waals surface area contributed by atoms with Crippen LogP contribution in [-0.2, 0) is 4.79 Å². The summed E-state index contributed by atoms with van der Waals surface area (Å²) in [6, 6.07) is 0. The maximum Gasteiger partial charge on any atom is 0.303 e. The number of aliphatic carboxylic acids is 1. The number of carboxylic acids is 1. The van der Waals surface area contributed by atoms with E-state index >= 15 is 0 Å². The summed E-state index contributed by atoms with van der Waals surface area (Å²) in [5, 5.41) is 19.0. The summed E-state index contributed by atoms with van der Waals surface area (Å²) in [4.78, 5) is 12.5. The minimum absolute atomic E-state index is 0.00692. The van der Waals surface area contributed by atoms with Crippen molar-refractivity contribution in [2.24, 2.45) is 5.92 Å². The van der Waals surface area contributed by atoms with Crippen LogP contribution in [-0.4, -0.2) is 41.4 Å². The molecule has 4 heteroatoms. The van der Waals surface area contributed by atoms with Crippen molar-refractivity contribution in [2.75, 3.05) is 14.1 Å². The highest BCUT2D eigenvalue weighted by Crippen LogP contribution is 2.18. The van der Waals surface area contributed by atoms with E-state index in [1.807, 2.05) is 14.1 Å². The largest absolute Gasteiger partial charge is 0.481 e. The quantitative estimate of drug-likeness (QED) is 0.187. The standard InChI is InChI=1S/C22H43NO3/c1-4-5-6-7-8-9-10-11-12-13-14-15-17-20(22(26)23(2)3)18-16-19-21(24)25/h15,17,20,22,26H,4-14,16,18-19H2,1-3H3,(H,24,25)/b17-15-. The van der Waals surface area contributed by atoms with Gasteiger partial charge in [-0.15, -0.1) is 0 Å². The predicted molar refractivity (Wildman–Crippen MR) is 110 cm³/mol. The van der Waals surface area contributed by atoms with Crippen molar-refractivity contribution < 1.29 is 15.0 Å². The van der Waals surface area contributed by atoms with Crippen LogP contribution in [0.1, 0.15) is 96.8 Å². The highest BCUT2D eigenvalue weighted by molar-refractivity contribution is 5.66. The van der Waals surface area contributed by atoms with Crippen molar-refractivity contribution in [2.45, 2.75) is 103 Å². The van der Waals surface area contributed by atoms with Gasteiger partial charge < -0.3 is 10.2 Å². The molecule has 154 valence electrons. The molecule has 0 spiro atoms. The summed E-state index contributed by atoms with van der Waals surface area (Å²) < 4.78 is 0. The lowest BCUT2D eigenvalue weighted by Crippen LogP contribution is -2.34. The average Bonchev–Trinajstić information content (AvgIpc) is 2.60. The number of unbranched alkanes of at least 4 members (excludes halogenated alkanes) is 10. The molecule has 0 heterocycles. The molecule has 4 nitrogen and oxygen atoms in total. The number of nitrogens with zero attached hydrogens (tertiary/aromatic N) is 1. The van der Waals surface area contributed by atoms with Crippen molar-refractivity contribution in [3.8, 4) is 0 Å². The number of aliphatic hydroxyl groups is 1. The van der Waals surface area contributed by atoms with Crippen LogP contribution < -0.4 is 0 Å². The van der Waals surface area contributed by atoms with Gasteiger partial charge in [-0.2, -0.15) is 0 Å². The van der Waals surface area contributed by atoms with E-state index in [4.69, 9.17) is 5.11 Å². The van der Waals surface area contributed by atoms with E-state index in [1.54, 1.807) is 4.90 Å². The summed E-state index contributed by atoms with van der Waals surface area (Å²) in [6.45, 7) is 2.26. The van der Waals surface area contributed by atoms with Crippen LogP contribution in [0.3, 0.4) is 0 Å². The molecule has 0 saturated heterocycles. The van der Waals surface area contributed by atoms with E-state index in [2.05, 4.69) is 19.1 Å². The Morgan fingerprint density at radius 2 is 1.46 bits per heavy atom. The molecule has 0 aliphatic rings. The molecule has 0 rings (SSSR count). The first-order valence-corrected chi connectivity index (χ1v) is 10.7. The van der Waals surface area contributed by atoms with Crippen LogP contribution in [0.5, 0.6) is 0 Å². The SMILES string of the molecule is CCCCCCCCCCCC/C=C\C(CCCC(=O)O)C(O)N(C)C. The third-order valence-electron chi connectivity index (χ3n) is 4.95. The Hall–Kier alpha value is -0.870. The third kappa shape index (κ3) is 15.4. The summed E-state index contributed by atoms with van der Waals surface area (Å²) in [5.74, 6) is -0.759. The zero-order chi connectivity index (χ0) is 19.6. The van der Waals surface area contributed by atoms with Crippen LogP contribution in [0.25, 0.3) is 0 Å². The van der Waals surface area contributed by atoms with Gasteiger partial charge in [0.1, 0.15) is 6.23 Å². The first-order chi connectivity index (χ1) is 12.5. The Bertz CT molecular complexity index is 355. The summed E-state index contributed by atoms with van der Waals surface area (Å²) >= 11 is 0. The van der Waals surface area contributed by atoms with E-state index in [9.17, 15) is 9.90 Å². The molecule has 0 fully saturated rings. The molecule has 2 unspecified atom stereocenters. The van der Waals surface area contributed by atoms with E-state index < -0.39 is 12.2 Å². The smallest absolute Gasteiger partial charge is 0.303 e. The minimum atomic E-state index is -0.766. The Kier molecular flexibility index (Phi) is 17.0. The molecule has 0 aliphatic carbocycles. The first kappa shape index (κ1) is 25.1. The molecule has 0 aromatic rings. The predicted octanol–water partition coefficient (Wildman–Crippen LogP) is 5.60. The molecule has 0 amide bonds. The van der Waals surface area contributed by atoms with Crippen molar-refractivity contribution in [1.29, 1.82) is 0 Å². The number of carbonyl (C=O) groups is 1. The molecular weight excluding hydrogens is 326 g/mol. The Labute approximate surface area is 161 Å². The summed E-state index contributed by atoms with van der Waals surface area (Å²) in [5.41, 5.74) is 0. The van der Waals surface area contributed by atoms with Gasteiger partial charge in [0.15, 0.2) is 0 Å². The second-order valence-electron chi connectivity index (χ2n) is 7.73. The molecular formula is C22H43NO3. The van der Waals surface area contributed by atoms with Crippen LogP contribution in [0.4, 0.5) is 0 Å². The lowest BCUT2D eigenvalue weighted by Gasteiger charge is -2.25. The normalized spacial score (nSPS) is 14.2. The zero-order valence-corrected chi connectivity index (χ0v) is 17.5. The van der Waals surface area contributed by atoms with Crippen molar-refractivity contribution in [1.82, 2.24) is 4.90 Å². The Morgan fingerprint density at radius 1 is 0.923 bits per heavy atom. The van der Waals surface area contributed by atoms with Gasteiger partial charge in [-0.1, -0.05) is 76.9 Å². The number of carboxylic acid groups (broad SMARTS) is 1. The number of allylic oxidation sites excluding steroid dienone is 1. The van der Waals surface area contributed by atoms with E-state index in [1.165, 1.54) is 64.2 Å². The molecule has 2 N–H and O–H groups in total. The Morgan fingerprint density at radius 3 is 1.96 bits per heavy atom. The topological polar surface area (TPSA) is 60.8 Å². The molecule has 0 aliphatic heterocycles. The van der Waals surface area contributed by atoms with Crippen LogP contribution in [0.2, 0.25) is 0 Å². The molecule has 0 aromatic carbocycles. The van der Waals surface area contributed by atoms with Gasteiger partial charge in [-0.05, 0) is 39.8 Å². The van der Waals surface area contributed by atoms with Gasteiger partial charge in [0.25, 0.3) is 0 Å². The fourth-order valence-electron chi connectivity index (χ4n) is 3.24. The van der Waals surface area contributed by atoms with Crippen molar-refractivity contribution >= 4 is 5.97 Å². The monoisotopic (exact) mass is 369 g/mol. The maximum atomic E-state index is 10.7. The number of rotatable bonds is 18. The zero-order valence-electron chi connectivity index (χ0n) is 17.5. The average molecular weight is 370 g/mol. The fraction of sp³-hybridized carbons (Fsp3) is 0.864. The third-order valence-corrected chi connectivity index (χ3v) is 4.95. The van der Waals surface area contributed by atoms with Gasteiger partial charge >= 0.3 is 5.97 Å². The molecule has 0 radical (unpaired) electrons. The second-order valence-corrected chi connectivity index (χ2v) is 7.73. The molecule has 26 heavy (non-hydrogen) atoms. The van der Waals surface area contributed by atoms with Gasteiger partial charge in [-0.25, -0.2) is 0 Å². The van der Waals surface area contributed by atoms with E-state index in [-0.39, 0.29) is 12.3 Å². The van der Waals surface area contributed by atoms with Crippen molar-refractivity contribution in [3.63, 3.8) is 0 Å². The van der Waals surface area contributed by atoms with Crippen LogP contribution in [0.15, 0.2) is 12.2 Å². The molecule has 0 saturated carbocycles. The molecule has 2 atom stereocenters. The highest BCUT2D eigenvalue weighted by atomic mass is 16.4. The van der Waals surface area contributed by atoms with Gasteiger partial charge in [0, 0.05) is 12.3 Å². The molecule has 0 aromatic heterocycles. The van der Waals surface area contributed by atoms with Crippen LogP contribution in [0, 0.1) is 5.92 Å². The first-order valence-electron chi connectivity index (χ1n) is 10.7. The number of aliphatic hydroxyl groups excluding tert-OH is 1. The second kappa shape index (κ2) is 17.5. The maximum absolute atomic E-state index is 10.7. The van der Waals surface area contributed by atoms with Crippen molar-refractivity contribution in [3.05, 3.63) is 12.2 Å². The van der Waals surface area contributed by atoms with Gasteiger partial charge in [0.2, 0.25) is 0 Å². The number of hydrogen-bond acceptors (Lipinski definition) is 3. The van der Waals surface area contributed by atoms with Gasteiger partial charge in [-0.3, -0.25) is 9.69 Å². The van der Waals surface area contributed by atoms with E-state index in [0.29, 0.717) is 12.8 Å². The summed E-state index contributed by atoms with van der Waals surface area (Å²) in [6.07, 6.45) is 19.6. The minimum Gasteiger partial charge on any atom is -0.481 e. The molecule has 0 bridgehead atoms. The fourth-order valence-corrected chi connectivity index (χ4v) is 3.24. The van der Waals surface area contributed by atoms with Gasteiger partial charge in [0.05, 0.1) is 0 Å². The lowest BCUT2D eigenvalue weighted by atomic mass is 9.98. The highest BCUT2D eigenvalue weighted by Gasteiger charge is 2.18. The lowest BCUT2D eigenvalue weighted by molar-refractivity contribution is -0.137. The van der Waals surface area contributed by atoms with Crippen LogP contribution >= 0.6 is 0 Å². The number of hydrogen-bond donors (Lipinski definition) is 2. The van der Waals surface area contributed by atoms with E-state index in [0.717, 1.165) is 6.42 Å².